The highest BCUT2D eigenvalue weighted by atomic mass is 16.5. The molecule has 0 radical (unpaired) electrons. The van der Waals surface area contributed by atoms with Gasteiger partial charge in [-0.05, 0) is 37.1 Å². The smallest absolute Gasteiger partial charge is 0.228 e. The Morgan fingerprint density at radius 3 is 2.22 bits per heavy atom. The highest BCUT2D eigenvalue weighted by Crippen LogP contribution is 2.21. The van der Waals surface area contributed by atoms with E-state index in [1.165, 1.54) is 5.69 Å². The summed E-state index contributed by atoms with van der Waals surface area (Å²) in [5, 5.41) is 2.94. The fraction of sp³-hybridized carbons (Fsp3) is 0.429. The number of piperazine rings is 1. The van der Waals surface area contributed by atoms with Crippen LogP contribution in [0.15, 0.2) is 48.7 Å². The van der Waals surface area contributed by atoms with Crippen LogP contribution in [-0.4, -0.2) is 50.3 Å². The Kier molecular flexibility index (Phi) is 5.53. The molecule has 6 heteroatoms. The lowest BCUT2D eigenvalue weighted by atomic mass is 9.99. The molecule has 2 saturated heterocycles. The van der Waals surface area contributed by atoms with E-state index in [4.69, 9.17) is 4.74 Å². The van der Waals surface area contributed by atoms with Crippen LogP contribution in [0.4, 0.5) is 17.2 Å². The van der Waals surface area contributed by atoms with Crippen LogP contribution in [0.3, 0.4) is 0 Å². The molecule has 4 rings (SSSR count). The summed E-state index contributed by atoms with van der Waals surface area (Å²) in [6, 6.07) is 14.5. The second kappa shape index (κ2) is 8.39. The molecule has 3 heterocycles. The molecular formula is C21H26N4O2. The van der Waals surface area contributed by atoms with Crippen molar-refractivity contribution in [1.29, 1.82) is 0 Å². The third-order valence-electron chi connectivity index (χ3n) is 5.36. The van der Waals surface area contributed by atoms with Crippen molar-refractivity contribution in [3.8, 4) is 0 Å². The van der Waals surface area contributed by atoms with Crippen molar-refractivity contribution >= 4 is 23.1 Å². The zero-order valence-electron chi connectivity index (χ0n) is 15.5. The average molecular weight is 366 g/mol. The quantitative estimate of drug-likeness (QED) is 0.902. The minimum absolute atomic E-state index is 0.0336. The molecule has 1 amide bonds. The summed E-state index contributed by atoms with van der Waals surface area (Å²) in [6.45, 7) is 5.24. The number of hydrogen-bond donors (Lipinski definition) is 1. The van der Waals surface area contributed by atoms with Crippen LogP contribution in [0.2, 0.25) is 0 Å². The Labute approximate surface area is 160 Å². The van der Waals surface area contributed by atoms with Crippen LogP contribution in [0.1, 0.15) is 12.8 Å². The van der Waals surface area contributed by atoms with Crippen LogP contribution in [0.25, 0.3) is 0 Å². The SMILES string of the molecule is O=C(Nc1ccc(N2CCN(c3ccccc3)CC2)cn1)C1CCOCC1. The maximum Gasteiger partial charge on any atom is 0.228 e. The predicted molar refractivity (Wildman–Crippen MR) is 107 cm³/mol. The molecule has 0 bridgehead atoms. The molecule has 1 aromatic carbocycles. The Morgan fingerprint density at radius 2 is 1.59 bits per heavy atom. The summed E-state index contributed by atoms with van der Waals surface area (Å²) in [4.78, 5) is 21.5. The van der Waals surface area contributed by atoms with E-state index in [0.717, 1.165) is 44.7 Å². The molecule has 2 fully saturated rings. The van der Waals surface area contributed by atoms with Gasteiger partial charge in [-0.2, -0.15) is 0 Å². The number of nitrogens with zero attached hydrogens (tertiary/aromatic N) is 3. The number of para-hydroxylation sites is 1. The molecule has 0 atom stereocenters. The van der Waals surface area contributed by atoms with Gasteiger partial charge in [-0.15, -0.1) is 0 Å². The topological polar surface area (TPSA) is 57.7 Å². The van der Waals surface area contributed by atoms with Crippen molar-refractivity contribution in [1.82, 2.24) is 4.98 Å². The van der Waals surface area contributed by atoms with Gasteiger partial charge >= 0.3 is 0 Å². The number of hydrogen-bond acceptors (Lipinski definition) is 5. The van der Waals surface area contributed by atoms with Crippen LogP contribution in [0, 0.1) is 5.92 Å². The van der Waals surface area contributed by atoms with E-state index >= 15 is 0 Å². The van der Waals surface area contributed by atoms with Gasteiger partial charge in [0.15, 0.2) is 0 Å². The number of carbonyl (C=O) groups excluding carboxylic acids is 1. The normalized spacial score (nSPS) is 18.4. The molecule has 6 nitrogen and oxygen atoms in total. The Hall–Kier alpha value is -2.60. The van der Waals surface area contributed by atoms with Crippen molar-refractivity contribution < 1.29 is 9.53 Å². The summed E-state index contributed by atoms with van der Waals surface area (Å²) in [6.07, 6.45) is 3.43. The number of carbonyl (C=O) groups is 1. The van der Waals surface area contributed by atoms with Gasteiger partial charge in [0, 0.05) is 51.0 Å². The summed E-state index contributed by atoms with van der Waals surface area (Å²) >= 11 is 0. The number of aromatic nitrogens is 1. The standard InChI is InChI=1S/C21H26N4O2/c26-21(17-8-14-27-15-9-17)23-20-7-6-19(16-22-20)25-12-10-24(11-13-25)18-4-2-1-3-5-18/h1-7,16-17H,8-15H2,(H,22,23,26). The third-order valence-corrected chi connectivity index (χ3v) is 5.36. The van der Waals surface area contributed by atoms with Gasteiger partial charge in [0.25, 0.3) is 0 Å². The first kappa shape index (κ1) is 17.8. The van der Waals surface area contributed by atoms with Gasteiger partial charge in [-0.1, -0.05) is 18.2 Å². The lowest BCUT2D eigenvalue weighted by Gasteiger charge is -2.37. The molecule has 2 aliphatic heterocycles. The Bertz CT molecular complexity index is 737. The number of anilines is 3. The molecular weight excluding hydrogens is 340 g/mol. The summed E-state index contributed by atoms with van der Waals surface area (Å²) in [7, 11) is 0. The first-order valence-electron chi connectivity index (χ1n) is 9.69. The molecule has 2 aromatic rings. The van der Waals surface area contributed by atoms with E-state index in [0.29, 0.717) is 19.0 Å². The number of ether oxygens (including phenoxy) is 1. The van der Waals surface area contributed by atoms with Gasteiger partial charge in [0.2, 0.25) is 5.91 Å². The van der Waals surface area contributed by atoms with E-state index in [9.17, 15) is 4.79 Å². The second-order valence-corrected chi connectivity index (χ2v) is 7.09. The average Bonchev–Trinajstić information content (AvgIpc) is 2.76. The minimum Gasteiger partial charge on any atom is -0.381 e. The molecule has 1 N–H and O–H groups in total. The van der Waals surface area contributed by atoms with Gasteiger partial charge < -0.3 is 19.9 Å². The molecule has 1 aromatic heterocycles. The summed E-state index contributed by atoms with van der Waals surface area (Å²) in [5.74, 6) is 0.708. The Morgan fingerprint density at radius 1 is 0.926 bits per heavy atom. The van der Waals surface area contributed by atoms with Gasteiger partial charge in [0.05, 0.1) is 11.9 Å². The molecule has 0 spiro atoms. The van der Waals surface area contributed by atoms with Crippen LogP contribution in [0.5, 0.6) is 0 Å². The van der Waals surface area contributed by atoms with Gasteiger partial charge in [-0.25, -0.2) is 4.98 Å². The predicted octanol–water partition coefficient (Wildman–Crippen LogP) is 2.77. The van der Waals surface area contributed by atoms with E-state index in [1.807, 2.05) is 24.4 Å². The van der Waals surface area contributed by atoms with Crippen molar-refractivity contribution in [3.63, 3.8) is 0 Å². The third kappa shape index (κ3) is 4.39. The molecule has 0 aliphatic carbocycles. The van der Waals surface area contributed by atoms with Crippen LogP contribution >= 0.6 is 0 Å². The molecule has 2 aliphatic rings. The maximum absolute atomic E-state index is 12.3. The molecule has 142 valence electrons. The van der Waals surface area contributed by atoms with Gasteiger partial charge in [-0.3, -0.25) is 4.79 Å². The van der Waals surface area contributed by atoms with Crippen LogP contribution < -0.4 is 15.1 Å². The van der Waals surface area contributed by atoms with Crippen molar-refractivity contribution in [2.45, 2.75) is 12.8 Å². The summed E-state index contributed by atoms with van der Waals surface area (Å²) < 4.78 is 5.31. The number of rotatable bonds is 4. The van der Waals surface area contributed by atoms with Crippen molar-refractivity contribution in [2.24, 2.45) is 5.92 Å². The minimum atomic E-state index is 0.0336. The van der Waals surface area contributed by atoms with E-state index in [-0.39, 0.29) is 11.8 Å². The van der Waals surface area contributed by atoms with Gasteiger partial charge in [0.1, 0.15) is 5.82 Å². The zero-order valence-corrected chi connectivity index (χ0v) is 15.5. The molecule has 0 unspecified atom stereocenters. The fourth-order valence-corrected chi connectivity index (χ4v) is 3.70. The summed E-state index contributed by atoms with van der Waals surface area (Å²) in [5.41, 5.74) is 2.38. The first-order chi connectivity index (χ1) is 13.3. The molecule has 0 saturated carbocycles. The highest BCUT2D eigenvalue weighted by Gasteiger charge is 2.22. The van der Waals surface area contributed by atoms with Crippen molar-refractivity contribution in [2.75, 3.05) is 54.5 Å². The monoisotopic (exact) mass is 366 g/mol. The number of benzene rings is 1. The zero-order chi connectivity index (χ0) is 18.5. The number of pyridine rings is 1. The fourth-order valence-electron chi connectivity index (χ4n) is 3.70. The second-order valence-electron chi connectivity index (χ2n) is 7.09. The molecule has 27 heavy (non-hydrogen) atoms. The lowest BCUT2D eigenvalue weighted by Crippen LogP contribution is -2.46. The number of nitrogens with one attached hydrogen (secondary N) is 1. The van der Waals surface area contributed by atoms with E-state index in [2.05, 4.69) is 44.4 Å². The lowest BCUT2D eigenvalue weighted by molar-refractivity contribution is -0.122. The largest absolute Gasteiger partial charge is 0.381 e. The van der Waals surface area contributed by atoms with E-state index < -0.39 is 0 Å². The Balaban J connectivity index is 1.31. The highest BCUT2D eigenvalue weighted by molar-refractivity contribution is 5.91. The number of amides is 1. The maximum atomic E-state index is 12.3. The van der Waals surface area contributed by atoms with Crippen LogP contribution in [-0.2, 0) is 9.53 Å². The van der Waals surface area contributed by atoms with Crippen molar-refractivity contribution in [3.05, 3.63) is 48.7 Å². The first-order valence-corrected chi connectivity index (χ1v) is 9.69. The van der Waals surface area contributed by atoms with E-state index in [1.54, 1.807) is 0 Å².